The fraction of sp³-hybridized carbons (Fsp3) is 0.586. The van der Waals surface area contributed by atoms with Gasteiger partial charge in [-0.2, -0.15) is 13.1 Å². The maximum Gasteiger partial charge on any atom is 1.00 e. The van der Waals surface area contributed by atoms with Crippen LogP contribution in [0.2, 0.25) is 0 Å². The van der Waals surface area contributed by atoms with Gasteiger partial charge in [0, 0.05) is 0 Å². The van der Waals surface area contributed by atoms with Gasteiger partial charge in [0.25, 0.3) is 0 Å². The van der Waals surface area contributed by atoms with Crippen LogP contribution in [0.5, 0.6) is 0 Å². The van der Waals surface area contributed by atoms with Crippen molar-refractivity contribution in [1.29, 1.82) is 0 Å². The summed E-state index contributed by atoms with van der Waals surface area (Å²) in [6.07, 6.45) is 9.12. The van der Waals surface area contributed by atoms with E-state index in [-0.39, 0.29) is 49.8 Å². The zero-order valence-electron chi connectivity index (χ0n) is 22.3. The Hall–Kier alpha value is -0.525. The van der Waals surface area contributed by atoms with Crippen LogP contribution in [0.1, 0.15) is 68.2 Å². The summed E-state index contributed by atoms with van der Waals surface area (Å²) in [5, 5.41) is 10.3. The molecule has 6 heteroatoms. The topological polar surface area (TPSA) is 34.7 Å². The number of hydrogen-bond donors (Lipinski definition) is 0. The fourth-order valence-corrected chi connectivity index (χ4v) is 5.23. The minimum Gasteiger partial charge on any atom is -0.655 e. The second-order valence-corrected chi connectivity index (χ2v) is 9.74. The third kappa shape index (κ3) is 10.8. The Kier molecular flexibility index (Phi) is 15.7. The SMILES string of the molecule is [Li+].[Li+].c1ccc(C(CN2CCCCC2)[N-]CCC[N-]C(CN2CCCCC2)c2ccccc2)cc1. The molecular weight excluding hydrogens is 418 g/mol. The number of rotatable bonds is 12. The molecule has 0 spiro atoms. The van der Waals surface area contributed by atoms with E-state index in [4.69, 9.17) is 10.6 Å². The van der Waals surface area contributed by atoms with Crippen LogP contribution in [-0.2, 0) is 0 Å². The number of nitrogens with zero attached hydrogens (tertiary/aromatic N) is 4. The van der Waals surface area contributed by atoms with Gasteiger partial charge in [-0.3, -0.25) is 0 Å². The predicted octanol–water partition coefficient (Wildman–Crippen LogP) is 0.586. The zero-order valence-corrected chi connectivity index (χ0v) is 22.3. The molecular formula is C29H42Li2N4. The van der Waals surface area contributed by atoms with Gasteiger partial charge in [-0.1, -0.05) is 103 Å². The first-order chi connectivity index (χ1) is 16.4. The van der Waals surface area contributed by atoms with E-state index >= 15 is 0 Å². The van der Waals surface area contributed by atoms with Crippen molar-refractivity contribution in [3.8, 4) is 0 Å². The molecule has 2 aromatic carbocycles. The van der Waals surface area contributed by atoms with Gasteiger partial charge < -0.3 is 20.4 Å². The average Bonchev–Trinajstić information content (AvgIpc) is 2.89. The molecule has 0 aliphatic carbocycles. The van der Waals surface area contributed by atoms with Crippen molar-refractivity contribution >= 4 is 0 Å². The number of likely N-dealkylation sites (tertiary alicyclic amines) is 2. The van der Waals surface area contributed by atoms with Gasteiger partial charge in [0.2, 0.25) is 0 Å². The Morgan fingerprint density at radius 2 is 0.914 bits per heavy atom. The molecule has 180 valence electrons. The zero-order chi connectivity index (χ0) is 22.6. The average molecular weight is 461 g/mol. The van der Waals surface area contributed by atoms with E-state index in [9.17, 15) is 0 Å². The van der Waals surface area contributed by atoms with Crippen LogP contribution < -0.4 is 37.7 Å². The smallest absolute Gasteiger partial charge is 0.655 e. The molecule has 0 N–H and O–H groups in total. The Bertz CT molecular complexity index is 699. The van der Waals surface area contributed by atoms with E-state index < -0.39 is 0 Å². The molecule has 4 nitrogen and oxygen atoms in total. The number of piperidine rings is 2. The molecule has 2 atom stereocenters. The normalized spacial score (nSPS) is 18.7. The molecule has 0 saturated carbocycles. The summed E-state index contributed by atoms with van der Waals surface area (Å²) in [5.41, 5.74) is 2.71. The van der Waals surface area contributed by atoms with Crippen LogP contribution >= 0.6 is 0 Å². The first-order valence-electron chi connectivity index (χ1n) is 13.3. The Morgan fingerprint density at radius 1 is 0.543 bits per heavy atom. The van der Waals surface area contributed by atoms with Gasteiger partial charge in [0.1, 0.15) is 0 Å². The van der Waals surface area contributed by atoms with Crippen molar-refractivity contribution in [1.82, 2.24) is 9.80 Å². The van der Waals surface area contributed by atoms with Crippen molar-refractivity contribution in [2.24, 2.45) is 0 Å². The predicted molar refractivity (Wildman–Crippen MR) is 140 cm³/mol. The minimum atomic E-state index is 0. The monoisotopic (exact) mass is 460 g/mol. The summed E-state index contributed by atoms with van der Waals surface area (Å²) in [7, 11) is 0. The van der Waals surface area contributed by atoms with E-state index in [2.05, 4.69) is 70.5 Å². The van der Waals surface area contributed by atoms with E-state index in [1.807, 2.05) is 0 Å². The fourth-order valence-electron chi connectivity index (χ4n) is 5.23. The maximum absolute atomic E-state index is 5.16. The quantitative estimate of drug-likeness (QED) is 0.343. The molecule has 0 bridgehead atoms. The molecule has 2 heterocycles. The molecule has 0 amide bonds. The minimum absolute atomic E-state index is 0. The van der Waals surface area contributed by atoms with Gasteiger partial charge >= 0.3 is 37.7 Å². The van der Waals surface area contributed by atoms with Gasteiger partial charge in [0.05, 0.1) is 0 Å². The van der Waals surface area contributed by atoms with Crippen LogP contribution in [0, 0.1) is 0 Å². The van der Waals surface area contributed by atoms with Crippen LogP contribution in [0.25, 0.3) is 10.6 Å². The number of benzene rings is 2. The molecule has 4 rings (SSSR count). The largest absolute Gasteiger partial charge is 1.00 e. The van der Waals surface area contributed by atoms with Gasteiger partial charge in [-0.15, -0.1) is 0 Å². The summed E-state index contributed by atoms with van der Waals surface area (Å²) in [6, 6.07) is 22.3. The van der Waals surface area contributed by atoms with E-state index in [1.54, 1.807) is 0 Å². The summed E-state index contributed by atoms with van der Waals surface area (Å²) in [5.74, 6) is 0. The second-order valence-electron chi connectivity index (χ2n) is 9.74. The third-order valence-electron chi connectivity index (χ3n) is 7.14. The molecule has 0 aromatic heterocycles. The Balaban J connectivity index is 0.00000216. The molecule has 2 fully saturated rings. The van der Waals surface area contributed by atoms with Gasteiger partial charge in [0.15, 0.2) is 0 Å². The van der Waals surface area contributed by atoms with Crippen molar-refractivity contribution in [2.75, 3.05) is 52.4 Å². The van der Waals surface area contributed by atoms with Gasteiger partial charge in [-0.25, -0.2) is 0 Å². The molecule has 2 aliphatic heterocycles. The maximum atomic E-state index is 5.16. The summed E-state index contributed by atoms with van der Waals surface area (Å²) in [4.78, 5) is 5.22. The summed E-state index contributed by atoms with van der Waals surface area (Å²) >= 11 is 0. The van der Waals surface area contributed by atoms with Crippen LogP contribution in [0.4, 0.5) is 0 Å². The molecule has 35 heavy (non-hydrogen) atoms. The standard InChI is InChI=1S/C29H42N4.2Li/c1-5-14-26(15-6-1)28(24-32-20-9-3-10-21-32)30-18-13-19-31-29(27-16-7-2-8-17-27)25-33-22-11-4-12-23-33;;/h1-2,5-8,14-17,28-29H,3-4,9-13,18-25H2;;/q-2;2*+1. The number of hydrogen-bond acceptors (Lipinski definition) is 2. The molecule has 0 radical (unpaired) electrons. The second kappa shape index (κ2) is 17.8. The summed E-state index contributed by atoms with van der Waals surface area (Å²) < 4.78 is 0. The molecule has 2 unspecified atom stereocenters. The van der Waals surface area contributed by atoms with Crippen LogP contribution in [0.3, 0.4) is 0 Å². The molecule has 2 aliphatic rings. The first kappa shape index (κ1) is 30.7. The van der Waals surface area contributed by atoms with Gasteiger partial charge in [-0.05, 0) is 65.0 Å². The summed E-state index contributed by atoms with van der Waals surface area (Å²) in [6.45, 7) is 8.80. The van der Waals surface area contributed by atoms with E-state index in [1.165, 1.54) is 75.8 Å². The Labute approximate surface area is 238 Å². The van der Waals surface area contributed by atoms with Crippen molar-refractivity contribution in [3.05, 3.63) is 82.4 Å². The van der Waals surface area contributed by atoms with Crippen molar-refractivity contribution in [3.63, 3.8) is 0 Å². The van der Waals surface area contributed by atoms with E-state index in [0.717, 1.165) is 32.6 Å². The third-order valence-corrected chi connectivity index (χ3v) is 7.14. The first-order valence-corrected chi connectivity index (χ1v) is 13.3. The Morgan fingerprint density at radius 3 is 1.29 bits per heavy atom. The molecule has 2 saturated heterocycles. The van der Waals surface area contributed by atoms with E-state index in [0.29, 0.717) is 0 Å². The van der Waals surface area contributed by atoms with Crippen molar-refractivity contribution in [2.45, 2.75) is 57.0 Å². The van der Waals surface area contributed by atoms with Crippen LogP contribution in [-0.4, -0.2) is 62.2 Å². The van der Waals surface area contributed by atoms with Crippen molar-refractivity contribution < 1.29 is 37.7 Å². The van der Waals surface area contributed by atoms with Crippen LogP contribution in [0.15, 0.2) is 60.7 Å². The molecule has 2 aromatic rings.